The summed E-state index contributed by atoms with van der Waals surface area (Å²) in [5.41, 5.74) is 4.83. The van der Waals surface area contributed by atoms with Gasteiger partial charge in [0, 0.05) is 36.6 Å². The minimum atomic E-state index is 0.865. The highest BCUT2D eigenvalue weighted by Crippen LogP contribution is 2.16. The predicted molar refractivity (Wildman–Crippen MR) is 80.5 cm³/mol. The minimum absolute atomic E-state index is 0.865. The van der Waals surface area contributed by atoms with Crippen LogP contribution in [0, 0.1) is 0 Å². The van der Waals surface area contributed by atoms with Crippen LogP contribution in [0.25, 0.3) is 0 Å². The first-order valence-corrected chi connectivity index (χ1v) is 6.78. The molecule has 20 heavy (non-hydrogen) atoms. The summed E-state index contributed by atoms with van der Waals surface area (Å²) in [6.07, 6.45) is 5.42. The maximum Gasteiger partial charge on any atom is 0.0447 e. The second-order valence-corrected chi connectivity index (χ2v) is 4.76. The fourth-order valence-corrected chi connectivity index (χ4v) is 2.30. The van der Waals surface area contributed by atoms with Crippen LogP contribution in [0.3, 0.4) is 0 Å². The molecular formula is C18H16N2. The molecule has 0 atom stereocenters. The van der Waals surface area contributed by atoms with Gasteiger partial charge in [0.05, 0.1) is 0 Å². The zero-order valence-corrected chi connectivity index (χ0v) is 11.2. The Bertz CT molecular complexity index is 603. The van der Waals surface area contributed by atoms with Crippen molar-refractivity contribution in [2.24, 2.45) is 0 Å². The summed E-state index contributed by atoms with van der Waals surface area (Å²) in [5, 5.41) is 0. The Kier molecular flexibility index (Phi) is 3.83. The van der Waals surface area contributed by atoms with Crippen LogP contribution in [0.5, 0.6) is 0 Å². The summed E-state index contributed by atoms with van der Waals surface area (Å²) in [6, 6.07) is 20.6. The molecule has 0 saturated carbocycles. The van der Waals surface area contributed by atoms with Crippen molar-refractivity contribution < 1.29 is 0 Å². The van der Waals surface area contributed by atoms with Crippen molar-refractivity contribution in [2.75, 3.05) is 0 Å². The third kappa shape index (κ3) is 3.09. The fraction of sp³-hybridized carbons (Fsp3) is 0.111. The van der Waals surface area contributed by atoms with Gasteiger partial charge in [0.2, 0.25) is 0 Å². The highest BCUT2D eigenvalue weighted by molar-refractivity contribution is 5.33. The lowest BCUT2D eigenvalue weighted by atomic mass is 9.99. The maximum atomic E-state index is 4.41. The van der Waals surface area contributed by atoms with Crippen LogP contribution < -0.4 is 0 Å². The van der Waals surface area contributed by atoms with Crippen LogP contribution in [0.4, 0.5) is 0 Å². The van der Waals surface area contributed by atoms with E-state index in [1.807, 2.05) is 36.7 Å². The molecule has 0 aliphatic rings. The quantitative estimate of drug-likeness (QED) is 0.715. The van der Waals surface area contributed by atoms with E-state index in [4.69, 9.17) is 0 Å². The zero-order valence-electron chi connectivity index (χ0n) is 11.2. The van der Waals surface area contributed by atoms with E-state index in [2.05, 4.69) is 46.4 Å². The van der Waals surface area contributed by atoms with Crippen molar-refractivity contribution in [1.82, 2.24) is 9.97 Å². The van der Waals surface area contributed by atoms with Crippen LogP contribution in [0.15, 0.2) is 73.1 Å². The van der Waals surface area contributed by atoms with Crippen molar-refractivity contribution in [1.29, 1.82) is 0 Å². The van der Waals surface area contributed by atoms with Gasteiger partial charge in [-0.15, -0.1) is 0 Å². The summed E-state index contributed by atoms with van der Waals surface area (Å²) in [7, 11) is 0. The fourth-order valence-electron chi connectivity index (χ4n) is 2.30. The number of aromatic nitrogens is 2. The lowest BCUT2D eigenvalue weighted by Crippen LogP contribution is -1.99. The van der Waals surface area contributed by atoms with Gasteiger partial charge in [0.1, 0.15) is 0 Å². The van der Waals surface area contributed by atoms with Gasteiger partial charge in [-0.05, 0) is 35.4 Å². The van der Waals surface area contributed by atoms with Crippen molar-refractivity contribution in [3.05, 3.63) is 95.6 Å². The first kappa shape index (κ1) is 12.5. The smallest absolute Gasteiger partial charge is 0.0447 e. The predicted octanol–water partition coefficient (Wildman–Crippen LogP) is 3.66. The summed E-state index contributed by atoms with van der Waals surface area (Å²) >= 11 is 0. The molecule has 3 aromatic rings. The number of hydrogen-bond donors (Lipinski definition) is 0. The van der Waals surface area contributed by atoms with Crippen LogP contribution in [0.2, 0.25) is 0 Å². The molecule has 0 fully saturated rings. The molecule has 2 heteroatoms. The second-order valence-electron chi connectivity index (χ2n) is 4.76. The zero-order chi connectivity index (χ0) is 13.6. The van der Waals surface area contributed by atoms with Crippen LogP contribution in [-0.2, 0) is 12.8 Å². The second kappa shape index (κ2) is 6.11. The number of benzene rings is 1. The van der Waals surface area contributed by atoms with Crippen molar-refractivity contribution in [3.63, 3.8) is 0 Å². The van der Waals surface area contributed by atoms with E-state index in [9.17, 15) is 0 Å². The van der Waals surface area contributed by atoms with Gasteiger partial charge in [-0.2, -0.15) is 0 Å². The lowest BCUT2D eigenvalue weighted by Gasteiger charge is -2.09. The Morgan fingerprint density at radius 2 is 1.00 bits per heavy atom. The van der Waals surface area contributed by atoms with E-state index in [-0.39, 0.29) is 0 Å². The Morgan fingerprint density at radius 3 is 1.40 bits per heavy atom. The van der Waals surface area contributed by atoms with Crippen LogP contribution >= 0.6 is 0 Å². The number of pyridine rings is 2. The summed E-state index contributed by atoms with van der Waals surface area (Å²) in [5.74, 6) is 0. The molecule has 0 N–H and O–H groups in total. The van der Waals surface area contributed by atoms with Crippen molar-refractivity contribution in [3.8, 4) is 0 Å². The van der Waals surface area contributed by atoms with E-state index in [0.717, 1.165) is 24.2 Å². The average Bonchev–Trinajstić information content (AvgIpc) is 2.51. The number of hydrogen-bond acceptors (Lipinski definition) is 2. The molecule has 2 heterocycles. The lowest BCUT2D eigenvalue weighted by molar-refractivity contribution is 1.01. The average molecular weight is 260 g/mol. The molecule has 0 bridgehead atoms. The standard InChI is InChI=1S/C18H16N2/c1-2-8-16(14-18-10-4-6-12-20-18)15(7-1)13-17-9-3-5-11-19-17/h1-12H,13-14H2. The molecule has 0 saturated heterocycles. The van der Waals surface area contributed by atoms with E-state index in [1.54, 1.807) is 0 Å². The van der Waals surface area contributed by atoms with E-state index < -0.39 is 0 Å². The molecule has 0 aliphatic heterocycles. The third-order valence-electron chi connectivity index (χ3n) is 3.31. The Labute approximate surface area is 119 Å². The SMILES string of the molecule is c1ccc(Cc2ccccc2Cc2ccccn2)nc1. The molecule has 0 aliphatic carbocycles. The Morgan fingerprint density at radius 1 is 0.550 bits per heavy atom. The van der Waals surface area contributed by atoms with Gasteiger partial charge < -0.3 is 0 Å². The highest BCUT2D eigenvalue weighted by Gasteiger charge is 2.05. The molecule has 0 unspecified atom stereocenters. The normalized spacial score (nSPS) is 10.4. The number of nitrogens with zero attached hydrogens (tertiary/aromatic N) is 2. The van der Waals surface area contributed by atoms with Gasteiger partial charge in [-0.3, -0.25) is 9.97 Å². The molecule has 3 rings (SSSR count). The van der Waals surface area contributed by atoms with Gasteiger partial charge in [0.15, 0.2) is 0 Å². The van der Waals surface area contributed by atoms with Crippen molar-refractivity contribution >= 4 is 0 Å². The third-order valence-corrected chi connectivity index (χ3v) is 3.31. The van der Waals surface area contributed by atoms with Crippen LogP contribution in [0.1, 0.15) is 22.5 Å². The molecule has 0 spiro atoms. The minimum Gasteiger partial charge on any atom is -0.261 e. The molecule has 0 radical (unpaired) electrons. The molecule has 0 amide bonds. The van der Waals surface area contributed by atoms with Crippen molar-refractivity contribution in [2.45, 2.75) is 12.8 Å². The Balaban J connectivity index is 1.85. The summed E-state index contributed by atoms with van der Waals surface area (Å²) in [4.78, 5) is 8.81. The first-order chi connectivity index (χ1) is 9.92. The van der Waals surface area contributed by atoms with Gasteiger partial charge in [-0.25, -0.2) is 0 Å². The summed E-state index contributed by atoms with van der Waals surface area (Å²) < 4.78 is 0. The first-order valence-electron chi connectivity index (χ1n) is 6.78. The van der Waals surface area contributed by atoms with E-state index in [1.165, 1.54) is 11.1 Å². The van der Waals surface area contributed by atoms with Gasteiger partial charge in [-0.1, -0.05) is 36.4 Å². The summed E-state index contributed by atoms with van der Waals surface area (Å²) in [6.45, 7) is 0. The molecular weight excluding hydrogens is 244 g/mol. The van der Waals surface area contributed by atoms with E-state index in [0.29, 0.717) is 0 Å². The van der Waals surface area contributed by atoms with Gasteiger partial charge >= 0.3 is 0 Å². The largest absolute Gasteiger partial charge is 0.261 e. The molecule has 2 aromatic heterocycles. The number of rotatable bonds is 4. The van der Waals surface area contributed by atoms with E-state index >= 15 is 0 Å². The molecule has 2 nitrogen and oxygen atoms in total. The Hall–Kier alpha value is -2.48. The maximum absolute atomic E-state index is 4.41. The molecule has 1 aromatic carbocycles. The van der Waals surface area contributed by atoms with Crippen LogP contribution in [-0.4, -0.2) is 9.97 Å². The monoisotopic (exact) mass is 260 g/mol. The topological polar surface area (TPSA) is 25.8 Å². The van der Waals surface area contributed by atoms with Gasteiger partial charge in [0.25, 0.3) is 0 Å². The highest BCUT2D eigenvalue weighted by atomic mass is 14.7. The molecule has 98 valence electrons.